The molecule has 3 aromatic rings. The maximum atomic E-state index is 13.0. The van der Waals surface area contributed by atoms with E-state index in [1.54, 1.807) is 7.05 Å². The van der Waals surface area contributed by atoms with Crippen LogP contribution in [0.25, 0.3) is 11.0 Å². The lowest BCUT2D eigenvalue weighted by Gasteiger charge is -2.10. The fourth-order valence-corrected chi connectivity index (χ4v) is 2.51. The van der Waals surface area contributed by atoms with Crippen molar-refractivity contribution in [2.45, 2.75) is 13.1 Å². The Morgan fingerprint density at radius 3 is 2.50 bits per heavy atom. The van der Waals surface area contributed by atoms with Crippen LogP contribution in [0.2, 0.25) is 0 Å². The Labute approximate surface area is 134 Å². The minimum atomic E-state index is -0.714. The number of benzene rings is 1. The molecule has 0 spiro atoms. The molecular weight excluding hydrogens is 317 g/mol. The van der Waals surface area contributed by atoms with Gasteiger partial charge in [0.05, 0.1) is 12.1 Å². The number of fused-ring (bicyclic) bond motifs is 1. The van der Waals surface area contributed by atoms with Gasteiger partial charge in [-0.2, -0.15) is 5.10 Å². The van der Waals surface area contributed by atoms with Gasteiger partial charge in [0.15, 0.2) is 5.52 Å². The number of aromatic nitrogens is 4. The van der Waals surface area contributed by atoms with Crippen LogP contribution in [-0.4, -0.2) is 24.8 Å². The minimum absolute atomic E-state index is 0.0560. The maximum absolute atomic E-state index is 13.0. The lowest BCUT2D eigenvalue weighted by Crippen LogP contribution is -2.42. The first kappa shape index (κ1) is 15.7. The van der Waals surface area contributed by atoms with Gasteiger partial charge in [-0.1, -0.05) is 12.1 Å². The molecule has 0 aliphatic rings. The molecule has 24 heavy (non-hydrogen) atoms. The number of halogens is 1. The zero-order valence-electron chi connectivity index (χ0n) is 12.8. The van der Waals surface area contributed by atoms with Gasteiger partial charge < -0.3 is 5.73 Å². The molecule has 0 fully saturated rings. The predicted octanol–water partition coefficient (Wildman–Crippen LogP) is -0.431. The lowest BCUT2D eigenvalue weighted by atomic mass is 10.2. The number of primary amides is 1. The van der Waals surface area contributed by atoms with E-state index in [2.05, 4.69) is 5.10 Å². The topological polar surface area (TPSA) is 105 Å². The molecule has 124 valence electrons. The van der Waals surface area contributed by atoms with Crippen molar-refractivity contribution in [1.82, 2.24) is 18.9 Å². The van der Waals surface area contributed by atoms with Gasteiger partial charge in [-0.25, -0.2) is 9.18 Å². The quantitative estimate of drug-likeness (QED) is 0.700. The highest BCUT2D eigenvalue weighted by Gasteiger charge is 2.17. The maximum Gasteiger partial charge on any atom is 0.332 e. The van der Waals surface area contributed by atoms with Crippen LogP contribution in [0.5, 0.6) is 0 Å². The number of rotatable bonds is 4. The van der Waals surface area contributed by atoms with Gasteiger partial charge in [0.1, 0.15) is 12.4 Å². The standard InChI is InChI=1S/C15H14FN5O3/c1-19-7-11-13(18-19)14(23)21(15(24)20(11)8-12(17)22)6-9-2-4-10(16)5-3-9/h2-5,7H,6,8H2,1H3,(H2,17,22). The van der Waals surface area contributed by atoms with E-state index in [0.717, 1.165) is 9.13 Å². The Kier molecular flexibility index (Phi) is 3.76. The van der Waals surface area contributed by atoms with Gasteiger partial charge in [-0.15, -0.1) is 0 Å². The van der Waals surface area contributed by atoms with Crippen molar-refractivity contribution >= 4 is 16.9 Å². The van der Waals surface area contributed by atoms with Crippen molar-refractivity contribution in [3.63, 3.8) is 0 Å². The smallest absolute Gasteiger partial charge is 0.332 e. The van der Waals surface area contributed by atoms with Crippen LogP contribution in [0.1, 0.15) is 5.56 Å². The van der Waals surface area contributed by atoms with Crippen LogP contribution < -0.4 is 17.0 Å². The third kappa shape index (κ3) is 2.71. The molecule has 0 radical (unpaired) electrons. The van der Waals surface area contributed by atoms with Crippen molar-refractivity contribution in [3.8, 4) is 0 Å². The molecule has 0 atom stereocenters. The average molecular weight is 331 g/mol. The van der Waals surface area contributed by atoms with Gasteiger partial charge in [0, 0.05) is 13.2 Å². The molecule has 1 amide bonds. The van der Waals surface area contributed by atoms with Crippen LogP contribution in [0.15, 0.2) is 40.1 Å². The highest BCUT2D eigenvalue weighted by atomic mass is 19.1. The normalized spacial score (nSPS) is 11.1. The molecule has 2 heterocycles. The second-order valence-corrected chi connectivity index (χ2v) is 5.39. The van der Waals surface area contributed by atoms with E-state index < -0.39 is 23.0 Å². The van der Waals surface area contributed by atoms with E-state index in [4.69, 9.17) is 5.73 Å². The lowest BCUT2D eigenvalue weighted by molar-refractivity contribution is -0.118. The van der Waals surface area contributed by atoms with Crippen molar-refractivity contribution in [2.75, 3.05) is 0 Å². The number of carbonyl (C=O) groups is 1. The first-order valence-corrected chi connectivity index (χ1v) is 7.06. The summed E-state index contributed by atoms with van der Waals surface area (Å²) < 4.78 is 16.4. The van der Waals surface area contributed by atoms with E-state index in [0.29, 0.717) is 5.56 Å². The number of carbonyl (C=O) groups excluding carboxylic acids is 1. The molecule has 0 aliphatic carbocycles. The Morgan fingerprint density at radius 1 is 1.21 bits per heavy atom. The van der Waals surface area contributed by atoms with Gasteiger partial charge in [-0.05, 0) is 17.7 Å². The minimum Gasteiger partial charge on any atom is -0.368 e. The zero-order valence-corrected chi connectivity index (χ0v) is 12.8. The summed E-state index contributed by atoms with van der Waals surface area (Å²) in [6.07, 6.45) is 1.48. The molecular formula is C15H14FN5O3. The van der Waals surface area contributed by atoms with Crippen LogP contribution in [-0.2, 0) is 24.9 Å². The molecule has 0 unspecified atom stereocenters. The molecule has 2 N–H and O–H groups in total. The van der Waals surface area contributed by atoms with Gasteiger partial charge in [0.25, 0.3) is 5.56 Å². The summed E-state index contributed by atoms with van der Waals surface area (Å²) in [6, 6.07) is 5.42. The van der Waals surface area contributed by atoms with Crippen LogP contribution in [0.4, 0.5) is 4.39 Å². The highest BCUT2D eigenvalue weighted by molar-refractivity contribution is 5.78. The van der Waals surface area contributed by atoms with E-state index in [9.17, 15) is 18.8 Å². The Balaban J connectivity index is 2.23. The summed E-state index contributed by atoms with van der Waals surface area (Å²) in [5, 5.41) is 4.05. The number of aryl methyl sites for hydroxylation is 1. The van der Waals surface area contributed by atoms with Crippen molar-refractivity contribution in [3.05, 3.63) is 62.7 Å². The van der Waals surface area contributed by atoms with Crippen molar-refractivity contribution in [1.29, 1.82) is 0 Å². The van der Waals surface area contributed by atoms with Gasteiger partial charge >= 0.3 is 5.69 Å². The van der Waals surface area contributed by atoms with E-state index in [1.807, 2.05) is 0 Å². The summed E-state index contributed by atoms with van der Waals surface area (Å²) in [7, 11) is 1.60. The fraction of sp³-hybridized carbons (Fsp3) is 0.200. The molecule has 3 rings (SSSR count). The highest BCUT2D eigenvalue weighted by Crippen LogP contribution is 2.07. The molecule has 0 saturated carbocycles. The van der Waals surface area contributed by atoms with Crippen molar-refractivity contribution in [2.24, 2.45) is 12.8 Å². The van der Waals surface area contributed by atoms with Crippen molar-refractivity contribution < 1.29 is 9.18 Å². The summed E-state index contributed by atoms with van der Waals surface area (Å²) in [6.45, 7) is -0.437. The van der Waals surface area contributed by atoms with E-state index in [1.165, 1.54) is 35.1 Å². The summed E-state index contributed by atoms with van der Waals surface area (Å²) in [5.41, 5.74) is 4.79. The number of nitrogens with two attached hydrogens (primary N) is 1. The predicted molar refractivity (Wildman–Crippen MR) is 83.9 cm³/mol. The number of hydrogen-bond acceptors (Lipinski definition) is 4. The third-order valence-corrected chi connectivity index (χ3v) is 3.58. The largest absolute Gasteiger partial charge is 0.368 e. The molecule has 0 aliphatic heterocycles. The zero-order chi connectivity index (χ0) is 17.4. The van der Waals surface area contributed by atoms with E-state index in [-0.39, 0.29) is 24.1 Å². The second kappa shape index (κ2) is 5.76. The monoisotopic (exact) mass is 331 g/mol. The average Bonchev–Trinajstić information content (AvgIpc) is 2.91. The van der Waals surface area contributed by atoms with Gasteiger partial charge in [0.2, 0.25) is 5.91 Å². The first-order chi connectivity index (χ1) is 11.4. The first-order valence-electron chi connectivity index (χ1n) is 7.06. The Morgan fingerprint density at radius 2 is 1.88 bits per heavy atom. The number of amides is 1. The second-order valence-electron chi connectivity index (χ2n) is 5.39. The Bertz CT molecular complexity index is 1050. The van der Waals surface area contributed by atoms with Crippen LogP contribution in [0, 0.1) is 5.82 Å². The van der Waals surface area contributed by atoms with Crippen LogP contribution in [0.3, 0.4) is 0 Å². The molecule has 9 heteroatoms. The molecule has 8 nitrogen and oxygen atoms in total. The number of hydrogen-bond donors (Lipinski definition) is 1. The van der Waals surface area contributed by atoms with Gasteiger partial charge in [-0.3, -0.25) is 23.4 Å². The third-order valence-electron chi connectivity index (χ3n) is 3.58. The SMILES string of the molecule is Cn1cc2c(n1)c(=O)n(Cc1ccc(F)cc1)c(=O)n2CC(N)=O. The van der Waals surface area contributed by atoms with Crippen LogP contribution >= 0.6 is 0 Å². The molecule has 1 aromatic carbocycles. The van der Waals surface area contributed by atoms with E-state index >= 15 is 0 Å². The Hall–Kier alpha value is -3.23. The molecule has 0 saturated heterocycles. The summed E-state index contributed by atoms with van der Waals surface area (Å²) in [5.74, 6) is -1.13. The molecule has 2 aromatic heterocycles. The fourth-order valence-electron chi connectivity index (χ4n) is 2.51. The summed E-state index contributed by atoms with van der Waals surface area (Å²) in [4.78, 5) is 36.5. The number of nitrogens with zero attached hydrogens (tertiary/aromatic N) is 4. The molecule has 0 bridgehead atoms. The summed E-state index contributed by atoms with van der Waals surface area (Å²) >= 11 is 0.